The molecule has 6 nitrogen and oxygen atoms in total. The highest BCUT2D eigenvalue weighted by atomic mass is 35.5. The zero-order chi connectivity index (χ0) is 15.1. The first kappa shape index (κ1) is 16.8. The molecule has 1 aromatic heterocycles. The van der Waals surface area contributed by atoms with Crippen molar-refractivity contribution in [3.05, 3.63) is 21.3 Å². The number of thiophene rings is 1. The topological polar surface area (TPSA) is 101 Å². The largest absolute Gasteiger partial charge is 0.480 e. The average Bonchev–Trinajstić information content (AvgIpc) is 2.73. The third kappa shape index (κ3) is 6.27. The van der Waals surface area contributed by atoms with Gasteiger partial charge in [-0.3, -0.25) is 14.4 Å². The number of nitrogens with zero attached hydrogens (tertiary/aromatic N) is 1. The molecule has 2 amide bonds. The molecule has 0 spiro atoms. The molecule has 0 aliphatic carbocycles. The molecule has 0 aromatic carbocycles. The van der Waals surface area contributed by atoms with E-state index in [1.165, 1.54) is 23.1 Å². The van der Waals surface area contributed by atoms with Gasteiger partial charge in [0.25, 0.3) is 0 Å². The molecule has 0 saturated carbocycles. The number of hydrogen-bond acceptors (Lipinski definition) is 5. The number of primary amides is 1. The van der Waals surface area contributed by atoms with Crippen molar-refractivity contribution in [3.63, 3.8) is 0 Å². The highest BCUT2D eigenvalue weighted by molar-refractivity contribution is 7.99. The molecule has 0 unspecified atom stereocenters. The first-order valence-corrected chi connectivity index (χ1v) is 7.83. The Kier molecular flexibility index (Phi) is 6.83. The minimum atomic E-state index is -1.19. The summed E-state index contributed by atoms with van der Waals surface area (Å²) in [6.07, 6.45) is 0. The number of carboxylic acid groups (broad SMARTS) is 1. The fourth-order valence-corrected chi connectivity index (χ4v) is 3.47. The van der Waals surface area contributed by atoms with Crippen molar-refractivity contribution in [3.8, 4) is 0 Å². The van der Waals surface area contributed by atoms with E-state index in [0.717, 1.165) is 9.78 Å². The Bertz CT molecular complexity index is 490. The van der Waals surface area contributed by atoms with Crippen molar-refractivity contribution in [1.82, 2.24) is 4.90 Å². The van der Waals surface area contributed by atoms with E-state index in [0.29, 0.717) is 10.1 Å². The number of nitrogens with two attached hydrogens (primary N) is 1. The van der Waals surface area contributed by atoms with Crippen molar-refractivity contribution in [2.24, 2.45) is 5.73 Å². The SMILES string of the molecule is NC(=O)CN(CC(=O)O)C(=O)CSCc1ccc(Cl)s1. The molecule has 1 heterocycles. The monoisotopic (exact) mass is 336 g/mol. The Morgan fingerprint density at radius 3 is 2.55 bits per heavy atom. The molecule has 20 heavy (non-hydrogen) atoms. The van der Waals surface area contributed by atoms with Gasteiger partial charge in [-0.15, -0.1) is 23.1 Å². The molecular weight excluding hydrogens is 324 g/mol. The fraction of sp³-hybridized carbons (Fsp3) is 0.364. The van der Waals surface area contributed by atoms with Gasteiger partial charge >= 0.3 is 5.97 Å². The highest BCUT2D eigenvalue weighted by Gasteiger charge is 2.18. The Morgan fingerprint density at radius 1 is 1.35 bits per heavy atom. The van der Waals surface area contributed by atoms with Crippen LogP contribution in [0.15, 0.2) is 12.1 Å². The molecule has 0 aliphatic rings. The maximum absolute atomic E-state index is 11.8. The van der Waals surface area contributed by atoms with E-state index in [1.807, 2.05) is 6.07 Å². The smallest absolute Gasteiger partial charge is 0.323 e. The number of carbonyl (C=O) groups is 3. The predicted molar refractivity (Wildman–Crippen MR) is 78.9 cm³/mol. The van der Waals surface area contributed by atoms with Crippen LogP contribution >= 0.6 is 34.7 Å². The number of rotatable bonds is 8. The lowest BCUT2D eigenvalue weighted by Crippen LogP contribution is -2.42. The van der Waals surface area contributed by atoms with Gasteiger partial charge in [0.05, 0.1) is 16.6 Å². The van der Waals surface area contributed by atoms with Crippen LogP contribution < -0.4 is 5.73 Å². The molecule has 3 N–H and O–H groups in total. The Morgan fingerprint density at radius 2 is 2.05 bits per heavy atom. The van der Waals surface area contributed by atoms with E-state index in [4.69, 9.17) is 22.4 Å². The van der Waals surface area contributed by atoms with Gasteiger partial charge in [0, 0.05) is 10.6 Å². The van der Waals surface area contributed by atoms with Crippen LogP contribution in [0.1, 0.15) is 4.88 Å². The van der Waals surface area contributed by atoms with Crippen LogP contribution in [0.5, 0.6) is 0 Å². The van der Waals surface area contributed by atoms with E-state index >= 15 is 0 Å². The summed E-state index contributed by atoms with van der Waals surface area (Å²) in [6.45, 7) is -0.927. The van der Waals surface area contributed by atoms with E-state index in [9.17, 15) is 14.4 Å². The van der Waals surface area contributed by atoms with E-state index < -0.39 is 30.9 Å². The summed E-state index contributed by atoms with van der Waals surface area (Å²) < 4.78 is 0.674. The van der Waals surface area contributed by atoms with Crippen molar-refractivity contribution < 1.29 is 19.5 Å². The third-order valence-electron chi connectivity index (χ3n) is 2.12. The summed E-state index contributed by atoms with van der Waals surface area (Å²) >= 11 is 8.53. The second-order valence-corrected chi connectivity index (χ2v) is 6.59. The molecular formula is C11H13ClN2O4S2. The molecule has 9 heteroatoms. The van der Waals surface area contributed by atoms with Gasteiger partial charge < -0.3 is 15.7 Å². The standard InChI is InChI=1S/C11H13ClN2O4S2/c12-8-2-1-7(20-8)5-19-6-10(16)14(3-9(13)15)4-11(17)18/h1-2H,3-6H2,(H2,13,15)(H,17,18). The van der Waals surface area contributed by atoms with Crippen molar-refractivity contribution >= 4 is 52.5 Å². The van der Waals surface area contributed by atoms with Crippen molar-refractivity contribution in [2.75, 3.05) is 18.8 Å². The van der Waals surface area contributed by atoms with Crippen LogP contribution in [0.3, 0.4) is 0 Å². The number of thioether (sulfide) groups is 1. The molecule has 0 radical (unpaired) electrons. The molecule has 0 saturated heterocycles. The summed E-state index contributed by atoms with van der Waals surface area (Å²) in [5.41, 5.74) is 4.98. The zero-order valence-corrected chi connectivity index (χ0v) is 12.8. The lowest BCUT2D eigenvalue weighted by molar-refractivity contribution is -0.144. The molecule has 0 bridgehead atoms. The van der Waals surface area contributed by atoms with E-state index in [1.54, 1.807) is 6.07 Å². The summed E-state index contributed by atoms with van der Waals surface area (Å²) in [5.74, 6) is -1.68. The summed E-state index contributed by atoms with van der Waals surface area (Å²) in [6, 6.07) is 3.64. The maximum Gasteiger partial charge on any atom is 0.323 e. The van der Waals surface area contributed by atoms with Crippen LogP contribution in [0.2, 0.25) is 4.34 Å². The second-order valence-electron chi connectivity index (χ2n) is 3.81. The first-order chi connectivity index (χ1) is 9.38. The Balaban J connectivity index is 2.44. The first-order valence-electron chi connectivity index (χ1n) is 5.48. The predicted octanol–water partition coefficient (Wildman–Crippen LogP) is 1.03. The van der Waals surface area contributed by atoms with Gasteiger partial charge in [-0.1, -0.05) is 11.6 Å². The Hall–Kier alpha value is -1.25. The number of carboxylic acids is 1. The molecule has 0 atom stereocenters. The van der Waals surface area contributed by atoms with Gasteiger partial charge in [-0.05, 0) is 12.1 Å². The number of halogens is 1. The molecule has 1 rings (SSSR count). The van der Waals surface area contributed by atoms with E-state index in [2.05, 4.69) is 0 Å². The van der Waals surface area contributed by atoms with Gasteiger partial charge in [0.1, 0.15) is 6.54 Å². The fourth-order valence-electron chi connectivity index (χ4n) is 1.34. The Labute approximate surface area is 128 Å². The maximum atomic E-state index is 11.8. The van der Waals surface area contributed by atoms with Gasteiger partial charge in [0.2, 0.25) is 11.8 Å². The summed E-state index contributed by atoms with van der Waals surface area (Å²) in [5, 5.41) is 8.69. The van der Waals surface area contributed by atoms with Crippen LogP contribution in [-0.2, 0) is 20.1 Å². The number of amides is 2. The van der Waals surface area contributed by atoms with Gasteiger partial charge in [-0.2, -0.15) is 0 Å². The lowest BCUT2D eigenvalue weighted by Gasteiger charge is -2.18. The summed E-state index contributed by atoms with van der Waals surface area (Å²) in [4.78, 5) is 35.2. The quantitative estimate of drug-likeness (QED) is 0.738. The zero-order valence-electron chi connectivity index (χ0n) is 10.4. The van der Waals surface area contributed by atoms with Crippen LogP contribution in [0, 0.1) is 0 Å². The average molecular weight is 337 g/mol. The normalized spacial score (nSPS) is 10.2. The van der Waals surface area contributed by atoms with E-state index in [-0.39, 0.29) is 5.75 Å². The van der Waals surface area contributed by atoms with Gasteiger partial charge in [0.15, 0.2) is 0 Å². The lowest BCUT2D eigenvalue weighted by atomic mass is 10.4. The number of aliphatic carboxylic acids is 1. The van der Waals surface area contributed by atoms with Crippen molar-refractivity contribution in [2.45, 2.75) is 5.75 Å². The minimum Gasteiger partial charge on any atom is -0.480 e. The highest BCUT2D eigenvalue weighted by Crippen LogP contribution is 2.25. The molecule has 0 aliphatic heterocycles. The molecule has 0 fully saturated rings. The van der Waals surface area contributed by atoms with Gasteiger partial charge in [-0.25, -0.2) is 0 Å². The molecule has 1 aromatic rings. The van der Waals surface area contributed by atoms with Crippen LogP contribution in [0.25, 0.3) is 0 Å². The van der Waals surface area contributed by atoms with Crippen molar-refractivity contribution in [1.29, 1.82) is 0 Å². The second kappa shape index (κ2) is 8.13. The van der Waals surface area contributed by atoms with Crippen LogP contribution in [0.4, 0.5) is 0 Å². The number of carbonyl (C=O) groups excluding carboxylic acids is 2. The third-order valence-corrected chi connectivity index (χ3v) is 4.50. The minimum absolute atomic E-state index is 0.0794. The van der Waals surface area contributed by atoms with Crippen LogP contribution in [-0.4, -0.2) is 46.6 Å². The number of hydrogen-bond donors (Lipinski definition) is 2. The molecule has 110 valence electrons. The summed E-state index contributed by atoms with van der Waals surface area (Å²) in [7, 11) is 0.